The van der Waals surface area contributed by atoms with Crippen LogP contribution in [-0.4, -0.2) is 24.8 Å². The third kappa shape index (κ3) is 3.37. The zero-order valence-corrected chi connectivity index (χ0v) is 13.3. The van der Waals surface area contributed by atoms with Gasteiger partial charge in [0.2, 0.25) is 5.82 Å². The van der Waals surface area contributed by atoms with E-state index in [4.69, 9.17) is 0 Å². The van der Waals surface area contributed by atoms with E-state index in [1.807, 2.05) is 6.92 Å². The van der Waals surface area contributed by atoms with Crippen molar-refractivity contribution in [2.75, 3.05) is 0 Å². The van der Waals surface area contributed by atoms with Crippen molar-refractivity contribution in [3.05, 3.63) is 50.6 Å². The number of aromatic nitrogens is 5. The van der Waals surface area contributed by atoms with E-state index in [0.717, 1.165) is 29.2 Å². The molecule has 0 aliphatic carbocycles. The van der Waals surface area contributed by atoms with Gasteiger partial charge in [-0.2, -0.15) is 18.0 Å². The lowest BCUT2D eigenvalue weighted by atomic mass is 10.1. The average Bonchev–Trinajstić information content (AvgIpc) is 3.12. The van der Waals surface area contributed by atoms with Gasteiger partial charge in [-0.3, -0.25) is 4.79 Å². The van der Waals surface area contributed by atoms with Gasteiger partial charge in [0, 0.05) is 23.2 Å². The second-order valence-electron chi connectivity index (χ2n) is 5.08. The highest BCUT2D eigenvalue weighted by atomic mass is 32.1. The van der Waals surface area contributed by atoms with E-state index in [0.29, 0.717) is 13.1 Å². The van der Waals surface area contributed by atoms with Crippen molar-refractivity contribution in [1.82, 2.24) is 24.8 Å². The monoisotopic (exact) mass is 355 g/mol. The summed E-state index contributed by atoms with van der Waals surface area (Å²) >= 11 is 1.11. The lowest BCUT2D eigenvalue weighted by Crippen LogP contribution is -2.19. The van der Waals surface area contributed by atoms with E-state index in [9.17, 15) is 18.0 Å². The SMILES string of the molecule is Cc1csc(=O)n1CCn1nnc(-c2cccc(C(F)(F)F)c2)n1. The Hall–Kier alpha value is -2.49. The maximum absolute atomic E-state index is 12.7. The Bertz CT molecular complexity index is 912. The summed E-state index contributed by atoms with van der Waals surface area (Å²) in [4.78, 5) is 12.8. The first-order valence-electron chi connectivity index (χ1n) is 6.95. The van der Waals surface area contributed by atoms with E-state index < -0.39 is 11.7 Å². The number of tetrazole rings is 1. The first-order valence-corrected chi connectivity index (χ1v) is 7.83. The fourth-order valence-corrected chi connectivity index (χ4v) is 2.91. The summed E-state index contributed by atoms with van der Waals surface area (Å²) in [5.74, 6) is 0.107. The van der Waals surface area contributed by atoms with Crippen LogP contribution in [-0.2, 0) is 19.3 Å². The normalized spacial score (nSPS) is 11.8. The van der Waals surface area contributed by atoms with E-state index in [1.54, 1.807) is 9.95 Å². The van der Waals surface area contributed by atoms with Gasteiger partial charge in [-0.15, -0.1) is 10.2 Å². The van der Waals surface area contributed by atoms with E-state index >= 15 is 0 Å². The third-order valence-electron chi connectivity index (χ3n) is 3.40. The molecule has 0 fully saturated rings. The Morgan fingerprint density at radius 2 is 2.04 bits per heavy atom. The average molecular weight is 355 g/mol. The number of thiazole rings is 1. The number of alkyl halides is 3. The molecule has 24 heavy (non-hydrogen) atoms. The van der Waals surface area contributed by atoms with Gasteiger partial charge in [-0.1, -0.05) is 23.5 Å². The fraction of sp³-hybridized carbons (Fsp3) is 0.286. The van der Waals surface area contributed by atoms with Gasteiger partial charge in [0.05, 0.1) is 12.1 Å². The second-order valence-corrected chi connectivity index (χ2v) is 5.90. The predicted molar refractivity (Wildman–Crippen MR) is 81.6 cm³/mol. The van der Waals surface area contributed by atoms with Crippen LogP contribution in [0.3, 0.4) is 0 Å². The number of aryl methyl sites for hydroxylation is 2. The summed E-state index contributed by atoms with van der Waals surface area (Å²) in [6, 6.07) is 4.76. The lowest BCUT2D eigenvalue weighted by molar-refractivity contribution is -0.137. The quantitative estimate of drug-likeness (QED) is 0.722. The Kier molecular flexibility index (Phi) is 4.22. The van der Waals surface area contributed by atoms with E-state index in [1.165, 1.54) is 16.9 Å². The summed E-state index contributed by atoms with van der Waals surface area (Å²) in [5.41, 5.74) is 0.306. The molecule has 6 nitrogen and oxygen atoms in total. The van der Waals surface area contributed by atoms with Crippen LogP contribution < -0.4 is 4.87 Å². The summed E-state index contributed by atoms with van der Waals surface area (Å²) in [6.07, 6.45) is -4.43. The molecular weight excluding hydrogens is 343 g/mol. The topological polar surface area (TPSA) is 65.6 Å². The summed E-state index contributed by atoms with van der Waals surface area (Å²) in [6.45, 7) is 2.48. The molecule has 0 unspecified atom stereocenters. The summed E-state index contributed by atoms with van der Waals surface area (Å²) in [7, 11) is 0. The Balaban J connectivity index is 1.78. The van der Waals surface area contributed by atoms with Gasteiger partial charge in [0.1, 0.15) is 0 Å². The van der Waals surface area contributed by atoms with Gasteiger partial charge >= 0.3 is 11.0 Å². The molecule has 3 aromatic rings. The molecule has 0 aliphatic heterocycles. The smallest absolute Gasteiger partial charge is 0.301 e. The molecule has 0 atom stereocenters. The summed E-state index contributed by atoms with van der Waals surface area (Å²) < 4.78 is 39.8. The van der Waals surface area contributed by atoms with Gasteiger partial charge in [0.25, 0.3) is 0 Å². The second kappa shape index (κ2) is 6.19. The highest BCUT2D eigenvalue weighted by Gasteiger charge is 2.30. The van der Waals surface area contributed by atoms with Crippen molar-refractivity contribution in [3.8, 4) is 11.4 Å². The van der Waals surface area contributed by atoms with Crippen LogP contribution in [0.4, 0.5) is 13.2 Å². The van der Waals surface area contributed by atoms with Crippen molar-refractivity contribution < 1.29 is 13.2 Å². The first kappa shape index (κ1) is 16.4. The fourth-order valence-electron chi connectivity index (χ4n) is 2.15. The predicted octanol–water partition coefficient (Wildman–Crippen LogP) is 2.59. The van der Waals surface area contributed by atoms with Crippen molar-refractivity contribution >= 4 is 11.3 Å². The molecule has 0 bridgehead atoms. The van der Waals surface area contributed by atoms with Crippen LogP contribution in [0.1, 0.15) is 11.3 Å². The van der Waals surface area contributed by atoms with Gasteiger partial charge in [0.15, 0.2) is 0 Å². The lowest BCUT2D eigenvalue weighted by Gasteiger charge is -2.06. The number of hydrogen-bond acceptors (Lipinski definition) is 5. The van der Waals surface area contributed by atoms with Crippen LogP contribution in [0.5, 0.6) is 0 Å². The molecular formula is C14H12F3N5OS. The highest BCUT2D eigenvalue weighted by molar-refractivity contribution is 7.07. The van der Waals surface area contributed by atoms with Gasteiger partial charge < -0.3 is 4.57 Å². The van der Waals surface area contributed by atoms with Crippen molar-refractivity contribution in [1.29, 1.82) is 0 Å². The molecule has 0 saturated heterocycles. The highest BCUT2D eigenvalue weighted by Crippen LogP contribution is 2.31. The molecule has 0 radical (unpaired) electrons. The zero-order valence-electron chi connectivity index (χ0n) is 12.5. The molecule has 1 aromatic carbocycles. The number of nitrogens with zero attached hydrogens (tertiary/aromatic N) is 5. The van der Waals surface area contributed by atoms with Crippen LogP contribution >= 0.6 is 11.3 Å². The number of benzene rings is 1. The van der Waals surface area contributed by atoms with Crippen molar-refractivity contribution in [2.45, 2.75) is 26.2 Å². The minimum atomic E-state index is -4.43. The van der Waals surface area contributed by atoms with Crippen LogP contribution in [0.15, 0.2) is 34.4 Å². The Labute approximate surface area is 138 Å². The molecule has 0 amide bonds. The number of hydrogen-bond donors (Lipinski definition) is 0. The largest absolute Gasteiger partial charge is 0.416 e. The molecule has 2 aromatic heterocycles. The van der Waals surface area contributed by atoms with Crippen molar-refractivity contribution in [2.24, 2.45) is 0 Å². The zero-order chi connectivity index (χ0) is 17.3. The van der Waals surface area contributed by atoms with Crippen molar-refractivity contribution in [3.63, 3.8) is 0 Å². The molecule has 0 spiro atoms. The van der Waals surface area contributed by atoms with E-state index in [-0.39, 0.29) is 16.3 Å². The Morgan fingerprint density at radius 3 is 2.71 bits per heavy atom. The van der Waals surface area contributed by atoms with E-state index in [2.05, 4.69) is 15.4 Å². The number of halogens is 3. The molecule has 126 valence electrons. The molecule has 0 aliphatic rings. The first-order chi connectivity index (χ1) is 11.3. The molecule has 2 heterocycles. The van der Waals surface area contributed by atoms with Crippen LogP contribution in [0.25, 0.3) is 11.4 Å². The number of rotatable bonds is 4. The van der Waals surface area contributed by atoms with Crippen LogP contribution in [0, 0.1) is 6.92 Å². The maximum atomic E-state index is 12.7. The molecule has 0 saturated carbocycles. The Morgan fingerprint density at radius 1 is 1.25 bits per heavy atom. The minimum absolute atomic E-state index is 0.0780. The van der Waals surface area contributed by atoms with Crippen LogP contribution in [0.2, 0.25) is 0 Å². The summed E-state index contributed by atoms with van der Waals surface area (Å²) in [5, 5.41) is 13.4. The molecule has 0 N–H and O–H groups in total. The third-order valence-corrected chi connectivity index (χ3v) is 4.28. The van der Waals surface area contributed by atoms with Gasteiger partial charge in [-0.25, -0.2) is 0 Å². The van der Waals surface area contributed by atoms with Gasteiger partial charge in [-0.05, 0) is 24.3 Å². The standard InChI is InChI=1S/C14H12F3N5OS/c1-9-8-24-13(23)21(9)5-6-22-19-12(18-20-22)10-3-2-4-11(7-10)14(15,16)17/h2-4,7-8H,5-6H2,1H3. The maximum Gasteiger partial charge on any atom is 0.416 e. The molecule has 10 heteroatoms. The molecule has 3 rings (SSSR count). The minimum Gasteiger partial charge on any atom is -0.301 e.